The van der Waals surface area contributed by atoms with Crippen LogP contribution in [-0.4, -0.2) is 23.3 Å². The summed E-state index contributed by atoms with van der Waals surface area (Å²) in [5.41, 5.74) is 2.46. The molecule has 1 unspecified atom stereocenters. The molecule has 5 rings (SSSR count). The SMILES string of the molecule is CC(C)CCC[C@@H](C)C1CC[C@H]2[C@H]3[C@H](O)C=C4C[C@@H](OC(=O)c5ccccc5)CC[C@]4(C)[C@H]3CC[C@]12C. The van der Waals surface area contributed by atoms with Crippen LogP contribution in [0.2, 0.25) is 0 Å². The van der Waals surface area contributed by atoms with Crippen molar-refractivity contribution in [3.63, 3.8) is 0 Å². The molecule has 0 spiro atoms. The number of carbonyl (C=O) groups is 1. The quantitative estimate of drug-likeness (QED) is 0.299. The average Bonchev–Trinajstić information content (AvgIpc) is 3.22. The van der Waals surface area contributed by atoms with Gasteiger partial charge in [-0.3, -0.25) is 0 Å². The predicted octanol–water partition coefficient (Wildman–Crippen LogP) is 8.22. The van der Waals surface area contributed by atoms with Crippen LogP contribution in [0, 0.1) is 46.3 Å². The van der Waals surface area contributed by atoms with E-state index in [1.54, 1.807) is 0 Å². The first-order chi connectivity index (χ1) is 17.6. The molecule has 4 aliphatic rings. The zero-order valence-electron chi connectivity index (χ0n) is 23.9. The first-order valence-electron chi connectivity index (χ1n) is 15.3. The molecule has 37 heavy (non-hydrogen) atoms. The maximum Gasteiger partial charge on any atom is 0.338 e. The summed E-state index contributed by atoms with van der Waals surface area (Å²) in [7, 11) is 0. The van der Waals surface area contributed by atoms with Gasteiger partial charge in [0.25, 0.3) is 0 Å². The van der Waals surface area contributed by atoms with Crippen LogP contribution in [0.4, 0.5) is 0 Å². The van der Waals surface area contributed by atoms with Crippen LogP contribution in [0.1, 0.15) is 109 Å². The lowest BCUT2D eigenvalue weighted by atomic mass is 9.46. The summed E-state index contributed by atoms with van der Waals surface area (Å²) in [4.78, 5) is 12.7. The number of aliphatic hydroxyl groups excluding tert-OH is 1. The summed E-state index contributed by atoms with van der Waals surface area (Å²) >= 11 is 0. The lowest BCUT2D eigenvalue weighted by Crippen LogP contribution is -2.55. The van der Waals surface area contributed by atoms with E-state index in [0.717, 1.165) is 37.0 Å². The van der Waals surface area contributed by atoms with E-state index in [9.17, 15) is 9.90 Å². The van der Waals surface area contributed by atoms with Crippen molar-refractivity contribution in [3.8, 4) is 0 Å². The van der Waals surface area contributed by atoms with Crippen molar-refractivity contribution in [2.45, 2.75) is 111 Å². The van der Waals surface area contributed by atoms with Crippen LogP contribution in [-0.2, 0) is 4.74 Å². The van der Waals surface area contributed by atoms with Gasteiger partial charge in [0, 0.05) is 6.42 Å². The van der Waals surface area contributed by atoms with Crippen LogP contribution >= 0.6 is 0 Å². The summed E-state index contributed by atoms with van der Waals surface area (Å²) in [6.07, 6.45) is 13.7. The number of benzene rings is 1. The minimum absolute atomic E-state index is 0.0906. The van der Waals surface area contributed by atoms with E-state index < -0.39 is 0 Å². The first-order valence-corrected chi connectivity index (χ1v) is 15.3. The molecule has 1 aromatic rings. The third-order valence-corrected chi connectivity index (χ3v) is 11.6. The minimum Gasteiger partial charge on any atom is -0.458 e. The fourth-order valence-corrected chi connectivity index (χ4v) is 9.53. The van der Waals surface area contributed by atoms with E-state index in [-0.39, 0.29) is 23.6 Å². The van der Waals surface area contributed by atoms with Gasteiger partial charge in [0.15, 0.2) is 0 Å². The summed E-state index contributed by atoms with van der Waals surface area (Å²) < 4.78 is 5.95. The highest BCUT2D eigenvalue weighted by Gasteiger charge is 2.61. The number of carbonyl (C=O) groups excluding carboxylic acids is 1. The van der Waals surface area contributed by atoms with Crippen LogP contribution in [0.15, 0.2) is 42.0 Å². The molecular formula is C34H50O3. The summed E-state index contributed by atoms with van der Waals surface area (Å²) in [6, 6.07) is 9.32. The number of fused-ring (bicyclic) bond motifs is 5. The molecule has 1 N–H and O–H groups in total. The highest BCUT2D eigenvalue weighted by atomic mass is 16.5. The van der Waals surface area contributed by atoms with Gasteiger partial charge in [-0.15, -0.1) is 0 Å². The lowest BCUT2D eigenvalue weighted by Gasteiger charge is -2.59. The Bertz CT molecular complexity index is 982. The van der Waals surface area contributed by atoms with Crippen molar-refractivity contribution in [1.29, 1.82) is 0 Å². The van der Waals surface area contributed by atoms with E-state index >= 15 is 0 Å². The van der Waals surface area contributed by atoms with Gasteiger partial charge in [-0.1, -0.05) is 83.7 Å². The largest absolute Gasteiger partial charge is 0.458 e. The van der Waals surface area contributed by atoms with Crippen LogP contribution in [0.5, 0.6) is 0 Å². The van der Waals surface area contributed by atoms with Gasteiger partial charge in [0.05, 0.1) is 11.7 Å². The molecule has 4 aliphatic carbocycles. The molecule has 9 atom stereocenters. The lowest BCUT2D eigenvalue weighted by molar-refractivity contribution is -0.0978. The number of hydrogen-bond acceptors (Lipinski definition) is 3. The zero-order chi connectivity index (χ0) is 26.4. The minimum atomic E-state index is -0.365. The van der Waals surface area contributed by atoms with Crippen molar-refractivity contribution in [1.82, 2.24) is 0 Å². The molecular weight excluding hydrogens is 456 g/mol. The number of esters is 1. The molecule has 3 nitrogen and oxygen atoms in total. The van der Waals surface area contributed by atoms with E-state index in [4.69, 9.17) is 4.74 Å². The van der Waals surface area contributed by atoms with E-state index in [0.29, 0.717) is 28.7 Å². The standard InChI is InChI=1S/C34H50O3/c1-22(2)10-9-11-23(3)27-14-15-28-31-29(17-19-34(27,28)5)33(4)18-16-26(20-25(33)21-30(31)35)37-32(36)24-12-7-6-8-13-24/h6-8,12-13,21-23,26-31,35H,9-11,14-20H2,1-5H3/t23-,26+,27?,28+,29+,30-,31-,33+,34-/m1/s1. The third-order valence-electron chi connectivity index (χ3n) is 11.6. The number of rotatable bonds is 7. The van der Waals surface area contributed by atoms with Crippen molar-refractivity contribution < 1.29 is 14.6 Å². The normalized spacial score (nSPS) is 39.8. The Labute approximate surface area is 225 Å². The van der Waals surface area contributed by atoms with Crippen molar-refractivity contribution in [2.24, 2.45) is 46.3 Å². The Morgan fingerprint density at radius 1 is 1.00 bits per heavy atom. The first kappa shape index (κ1) is 27.0. The topological polar surface area (TPSA) is 46.5 Å². The molecule has 3 saturated carbocycles. The Balaban J connectivity index is 1.29. The van der Waals surface area contributed by atoms with Gasteiger partial charge in [0.2, 0.25) is 0 Å². The maximum atomic E-state index is 12.7. The van der Waals surface area contributed by atoms with E-state index in [2.05, 4.69) is 40.7 Å². The van der Waals surface area contributed by atoms with Gasteiger partial charge in [0.1, 0.15) is 6.10 Å². The molecule has 0 radical (unpaired) electrons. The predicted molar refractivity (Wildman–Crippen MR) is 150 cm³/mol. The van der Waals surface area contributed by atoms with Gasteiger partial charge in [-0.2, -0.15) is 0 Å². The molecule has 204 valence electrons. The number of ether oxygens (including phenoxy) is 1. The third kappa shape index (κ3) is 4.95. The molecule has 0 heterocycles. The fourth-order valence-electron chi connectivity index (χ4n) is 9.53. The number of aliphatic hydroxyl groups is 1. The smallest absolute Gasteiger partial charge is 0.338 e. The van der Waals surface area contributed by atoms with Gasteiger partial charge in [-0.25, -0.2) is 4.79 Å². The Morgan fingerprint density at radius 3 is 2.49 bits per heavy atom. The average molecular weight is 507 g/mol. The van der Waals surface area contributed by atoms with Crippen molar-refractivity contribution in [2.75, 3.05) is 0 Å². The van der Waals surface area contributed by atoms with E-state index in [1.807, 2.05) is 30.3 Å². The second-order valence-electron chi connectivity index (χ2n) is 14.1. The molecule has 0 saturated heterocycles. The molecule has 1 aromatic carbocycles. The monoisotopic (exact) mass is 506 g/mol. The van der Waals surface area contributed by atoms with Crippen LogP contribution in [0.25, 0.3) is 0 Å². The molecule has 0 aromatic heterocycles. The summed E-state index contributed by atoms with van der Waals surface area (Å²) in [5, 5.41) is 11.6. The summed E-state index contributed by atoms with van der Waals surface area (Å²) in [5.74, 6) is 3.70. The second-order valence-corrected chi connectivity index (χ2v) is 14.1. The fraction of sp³-hybridized carbons (Fsp3) is 0.735. The van der Waals surface area contributed by atoms with Crippen molar-refractivity contribution in [3.05, 3.63) is 47.5 Å². The molecule has 3 heteroatoms. The Hall–Kier alpha value is -1.61. The maximum absolute atomic E-state index is 12.7. The van der Waals surface area contributed by atoms with Crippen LogP contribution < -0.4 is 0 Å². The van der Waals surface area contributed by atoms with Gasteiger partial charge >= 0.3 is 5.97 Å². The second kappa shape index (κ2) is 10.5. The molecule has 0 amide bonds. The summed E-state index contributed by atoms with van der Waals surface area (Å²) in [6.45, 7) is 12.2. The molecule has 0 aliphatic heterocycles. The van der Waals surface area contributed by atoms with Crippen molar-refractivity contribution >= 4 is 5.97 Å². The van der Waals surface area contributed by atoms with Crippen LogP contribution in [0.3, 0.4) is 0 Å². The van der Waals surface area contributed by atoms with Gasteiger partial charge in [-0.05, 0) is 97.0 Å². The van der Waals surface area contributed by atoms with Gasteiger partial charge < -0.3 is 9.84 Å². The Morgan fingerprint density at radius 2 is 1.76 bits per heavy atom. The van der Waals surface area contributed by atoms with E-state index in [1.165, 1.54) is 50.5 Å². The zero-order valence-corrected chi connectivity index (χ0v) is 23.9. The molecule has 0 bridgehead atoms. The Kier molecular flexibility index (Phi) is 7.66. The highest BCUT2D eigenvalue weighted by Crippen LogP contribution is 2.67. The molecule has 3 fully saturated rings. The number of hydrogen-bond donors (Lipinski definition) is 1. The highest BCUT2D eigenvalue weighted by molar-refractivity contribution is 5.89.